The Labute approximate surface area is 91.0 Å². The minimum Gasteiger partial charge on any atom is -0.394 e. The lowest BCUT2D eigenvalue weighted by Crippen LogP contribution is -2.43. The minimum atomic E-state index is -0.296. The van der Waals surface area contributed by atoms with Crippen molar-refractivity contribution in [2.45, 2.75) is 24.8 Å². The monoisotopic (exact) mass is 220 g/mol. The summed E-state index contributed by atoms with van der Waals surface area (Å²) in [5.41, 5.74) is 0.353. The SMILES string of the molecule is O=c1[nH]cnc2c1ncn2C1(CO)CCC1. The number of aromatic amines is 1. The molecule has 0 bridgehead atoms. The van der Waals surface area contributed by atoms with Gasteiger partial charge >= 0.3 is 0 Å². The molecule has 1 fully saturated rings. The van der Waals surface area contributed by atoms with Crippen LogP contribution in [-0.4, -0.2) is 31.2 Å². The Morgan fingerprint density at radius 3 is 2.94 bits per heavy atom. The fraction of sp³-hybridized carbons (Fsp3) is 0.500. The van der Waals surface area contributed by atoms with Crippen LogP contribution in [0, 0.1) is 0 Å². The molecule has 2 N–H and O–H groups in total. The maximum Gasteiger partial charge on any atom is 0.278 e. The second kappa shape index (κ2) is 3.15. The van der Waals surface area contributed by atoms with Gasteiger partial charge in [0.1, 0.15) is 0 Å². The molecule has 0 amide bonds. The van der Waals surface area contributed by atoms with E-state index in [9.17, 15) is 9.90 Å². The Kier molecular flexibility index (Phi) is 1.88. The quantitative estimate of drug-likeness (QED) is 0.745. The summed E-state index contributed by atoms with van der Waals surface area (Å²) >= 11 is 0. The summed E-state index contributed by atoms with van der Waals surface area (Å²) in [5.74, 6) is 0. The summed E-state index contributed by atoms with van der Waals surface area (Å²) in [4.78, 5) is 22.2. The van der Waals surface area contributed by atoms with E-state index in [1.54, 1.807) is 6.33 Å². The Morgan fingerprint density at radius 2 is 2.31 bits per heavy atom. The van der Waals surface area contributed by atoms with E-state index in [2.05, 4.69) is 15.0 Å². The zero-order valence-electron chi connectivity index (χ0n) is 8.68. The molecule has 0 aliphatic heterocycles. The van der Waals surface area contributed by atoms with Gasteiger partial charge in [-0.25, -0.2) is 9.97 Å². The van der Waals surface area contributed by atoms with Crippen LogP contribution in [0.5, 0.6) is 0 Å². The molecule has 1 aliphatic rings. The van der Waals surface area contributed by atoms with Crippen LogP contribution in [0.3, 0.4) is 0 Å². The molecule has 0 radical (unpaired) electrons. The van der Waals surface area contributed by atoms with Gasteiger partial charge in [-0.1, -0.05) is 0 Å². The van der Waals surface area contributed by atoms with Gasteiger partial charge < -0.3 is 14.7 Å². The lowest BCUT2D eigenvalue weighted by Gasteiger charge is -2.41. The molecule has 0 saturated heterocycles. The van der Waals surface area contributed by atoms with E-state index in [0.29, 0.717) is 11.2 Å². The number of aromatic nitrogens is 4. The maximum absolute atomic E-state index is 11.5. The van der Waals surface area contributed by atoms with Gasteiger partial charge in [-0.15, -0.1) is 0 Å². The summed E-state index contributed by atoms with van der Waals surface area (Å²) in [6.45, 7) is 0.0624. The average molecular weight is 220 g/mol. The molecule has 0 unspecified atom stereocenters. The summed E-state index contributed by atoms with van der Waals surface area (Å²) in [7, 11) is 0. The predicted octanol–water partition coefficient (Wildman–Crippen LogP) is -0.00890. The van der Waals surface area contributed by atoms with E-state index in [1.807, 2.05) is 4.57 Å². The first kappa shape index (κ1) is 9.53. The van der Waals surface area contributed by atoms with Crippen LogP contribution in [0.1, 0.15) is 19.3 Å². The predicted molar refractivity (Wildman–Crippen MR) is 57.1 cm³/mol. The number of rotatable bonds is 2. The molecule has 1 saturated carbocycles. The molecule has 0 spiro atoms. The molecule has 0 atom stereocenters. The van der Waals surface area contributed by atoms with Crippen LogP contribution >= 0.6 is 0 Å². The normalized spacial score (nSPS) is 18.6. The summed E-state index contributed by atoms with van der Waals surface area (Å²) < 4.78 is 1.83. The molecule has 1 aliphatic carbocycles. The fourth-order valence-electron chi connectivity index (χ4n) is 2.25. The van der Waals surface area contributed by atoms with Crippen molar-refractivity contribution in [2.24, 2.45) is 0 Å². The molecule has 2 heterocycles. The van der Waals surface area contributed by atoms with Gasteiger partial charge in [-0.05, 0) is 19.3 Å². The minimum absolute atomic E-state index is 0.0624. The summed E-state index contributed by atoms with van der Waals surface area (Å²) in [6, 6.07) is 0. The van der Waals surface area contributed by atoms with Crippen LogP contribution in [0.25, 0.3) is 11.2 Å². The number of fused-ring (bicyclic) bond motifs is 1. The van der Waals surface area contributed by atoms with Crippen molar-refractivity contribution in [1.82, 2.24) is 19.5 Å². The van der Waals surface area contributed by atoms with E-state index in [1.165, 1.54) is 6.33 Å². The zero-order valence-corrected chi connectivity index (χ0v) is 8.68. The van der Waals surface area contributed by atoms with Crippen LogP contribution < -0.4 is 5.56 Å². The number of H-pyrrole nitrogens is 1. The molecule has 6 heteroatoms. The van der Waals surface area contributed by atoms with Gasteiger partial charge in [-0.3, -0.25) is 4.79 Å². The fourth-order valence-corrected chi connectivity index (χ4v) is 2.25. The number of hydrogen-bond acceptors (Lipinski definition) is 4. The molecule has 6 nitrogen and oxygen atoms in total. The highest BCUT2D eigenvalue weighted by Crippen LogP contribution is 2.39. The summed E-state index contributed by atoms with van der Waals surface area (Å²) in [5, 5.41) is 9.47. The maximum atomic E-state index is 11.5. The molecule has 2 aromatic heterocycles. The molecule has 16 heavy (non-hydrogen) atoms. The zero-order chi connectivity index (χ0) is 11.2. The highest BCUT2D eigenvalue weighted by atomic mass is 16.3. The standard InChI is InChI=1S/C10H12N4O2/c15-4-10(2-1-3-10)14-6-13-7-8(14)11-5-12-9(7)16/h5-6,15H,1-4H2,(H,11,12,16). The van der Waals surface area contributed by atoms with Crippen molar-refractivity contribution in [3.63, 3.8) is 0 Å². The summed E-state index contributed by atoms with van der Waals surface area (Å²) in [6.07, 6.45) is 5.87. The van der Waals surface area contributed by atoms with E-state index in [4.69, 9.17) is 0 Å². The number of aliphatic hydroxyl groups is 1. The van der Waals surface area contributed by atoms with Gasteiger partial charge in [0, 0.05) is 0 Å². The third kappa shape index (κ3) is 1.07. The number of aliphatic hydroxyl groups excluding tert-OH is 1. The molecule has 2 aromatic rings. The van der Waals surface area contributed by atoms with E-state index in [-0.39, 0.29) is 17.7 Å². The topological polar surface area (TPSA) is 83.8 Å². The Morgan fingerprint density at radius 1 is 1.50 bits per heavy atom. The second-order valence-corrected chi connectivity index (χ2v) is 4.25. The van der Waals surface area contributed by atoms with Crippen molar-refractivity contribution in [1.29, 1.82) is 0 Å². The van der Waals surface area contributed by atoms with Crippen molar-refractivity contribution >= 4 is 11.2 Å². The van der Waals surface area contributed by atoms with Crippen molar-refractivity contribution in [3.05, 3.63) is 23.0 Å². The van der Waals surface area contributed by atoms with Crippen LogP contribution in [0.2, 0.25) is 0 Å². The first-order valence-electron chi connectivity index (χ1n) is 5.29. The second-order valence-electron chi connectivity index (χ2n) is 4.25. The van der Waals surface area contributed by atoms with E-state index >= 15 is 0 Å². The highest BCUT2D eigenvalue weighted by molar-refractivity contribution is 5.69. The molecule has 3 rings (SSSR count). The smallest absolute Gasteiger partial charge is 0.278 e. The molecular formula is C10H12N4O2. The Hall–Kier alpha value is -1.69. The van der Waals surface area contributed by atoms with E-state index in [0.717, 1.165) is 19.3 Å². The number of nitrogens with one attached hydrogen (secondary N) is 1. The van der Waals surface area contributed by atoms with Gasteiger partial charge in [0.15, 0.2) is 11.2 Å². The first-order chi connectivity index (χ1) is 7.77. The van der Waals surface area contributed by atoms with Crippen molar-refractivity contribution < 1.29 is 5.11 Å². The van der Waals surface area contributed by atoms with E-state index < -0.39 is 0 Å². The van der Waals surface area contributed by atoms with Gasteiger partial charge in [0.05, 0.1) is 24.8 Å². The van der Waals surface area contributed by atoms with Crippen LogP contribution in [0.15, 0.2) is 17.4 Å². The Bertz CT molecular complexity index is 576. The average Bonchev–Trinajstić information content (AvgIpc) is 2.64. The van der Waals surface area contributed by atoms with Crippen molar-refractivity contribution in [3.8, 4) is 0 Å². The first-order valence-corrected chi connectivity index (χ1v) is 5.29. The van der Waals surface area contributed by atoms with Crippen molar-refractivity contribution in [2.75, 3.05) is 6.61 Å². The number of imidazole rings is 1. The Balaban J connectivity index is 2.25. The van der Waals surface area contributed by atoms with Crippen LogP contribution in [0.4, 0.5) is 0 Å². The lowest BCUT2D eigenvalue weighted by atomic mass is 9.77. The third-order valence-corrected chi connectivity index (χ3v) is 3.43. The van der Waals surface area contributed by atoms with Gasteiger partial charge in [0.25, 0.3) is 5.56 Å². The largest absolute Gasteiger partial charge is 0.394 e. The van der Waals surface area contributed by atoms with Gasteiger partial charge in [-0.2, -0.15) is 0 Å². The lowest BCUT2D eigenvalue weighted by molar-refractivity contribution is 0.0584. The number of hydrogen-bond donors (Lipinski definition) is 2. The molecule has 0 aromatic carbocycles. The molecular weight excluding hydrogens is 208 g/mol. The number of nitrogens with zero attached hydrogens (tertiary/aromatic N) is 3. The van der Waals surface area contributed by atoms with Crippen LogP contribution in [-0.2, 0) is 5.54 Å². The third-order valence-electron chi connectivity index (χ3n) is 3.43. The highest BCUT2D eigenvalue weighted by Gasteiger charge is 2.39. The van der Waals surface area contributed by atoms with Gasteiger partial charge in [0.2, 0.25) is 0 Å². The molecule has 84 valence electrons.